The predicted molar refractivity (Wildman–Crippen MR) is 113 cm³/mol. The van der Waals surface area contributed by atoms with E-state index in [9.17, 15) is 14.9 Å². The number of imidazole rings is 1. The summed E-state index contributed by atoms with van der Waals surface area (Å²) in [6.45, 7) is 0. The molecule has 2 N–H and O–H groups in total. The Morgan fingerprint density at radius 3 is 2.60 bits per heavy atom. The summed E-state index contributed by atoms with van der Waals surface area (Å²) in [6, 6.07) is 21.1. The van der Waals surface area contributed by atoms with Crippen LogP contribution in [0.25, 0.3) is 11.0 Å². The van der Waals surface area contributed by atoms with Crippen molar-refractivity contribution in [3.63, 3.8) is 0 Å². The Labute approximate surface area is 171 Å². The number of benzene rings is 3. The molecule has 1 amide bonds. The molecule has 0 unspecified atom stereocenters. The zero-order valence-corrected chi connectivity index (χ0v) is 15.8. The van der Waals surface area contributed by atoms with Crippen molar-refractivity contribution in [1.82, 2.24) is 15.4 Å². The maximum absolute atomic E-state index is 12.4. The van der Waals surface area contributed by atoms with Crippen molar-refractivity contribution in [2.45, 2.75) is 6.42 Å². The number of nitrogens with one attached hydrogen (secondary N) is 2. The van der Waals surface area contributed by atoms with Crippen molar-refractivity contribution in [3.05, 3.63) is 105 Å². The highest BCUT2D eigenvalue weighted by Gasteiger charge is 2.09. The highest BCUT2D eigenvalue weighted by Crippen LogP contribution is 2.16. The number of hydrogen-bond donors (Lipinski definition) is 2. The Kier molecular flexibility index (Phi) is 5.29. The standard InChI is InChI=1S/C22H17N5O3/c28-22(26-23-14-16-6-9-18(10-7-16)27(29)30)17-8-11-19-20(13-17)25-21(24-19)12-15-4-2-1-3-5-15/h1-11,13-14H,12H2,(H,24,25)(H,26,28)/b23-14-. The van der Waals surface area contributed by atoms with E-state index in [4.69, 9.17) is 0 Å². The molecule has 1 aromatic heterocycles. The van der Waals surface area contributed by atoms with E-state index in [1.807, 2.05) is 30.3 Å². The Bertz CT molecular complexity index is 1230. The molecule has 148 valence electrons. The van der Waals surface area contributed by atoms with Crippen molar-refractivity contribution < 1.29 is 9.72 Å². The number of non-ortho nitro benzene ring substituents is 1. The fraction of sp³-hybridized carbons (Fsp3) is 0.0455. The highest BCUT2D eigenvalue weighted by molar-refractivity contribution is 5.97. The van der Waals surface area contributed by atoms with Crippen molar-refractivity contribution in [2.24, 2.45) is 5.10 Å². The van der Waals surface area contributed by atoms with Crippen molar-refractivity contribution in [1.29, 1.82) is 0 Å². The van der Waals surface area contributed by atoms with Crippen LogP contribution in [-0.4, -0.2) is 27.0 Å². The third kappa shape index (κ3) is 4.39. The van der Waals surface area contributed by atoms with Gasteiger partial charge in [0.2, 0.25) is 0 Å². The molecule has 4 aromatic rings. The quantitative estimate of drug-likeness (QED) is 0.291. The van der Waals surface area contributed by atoms with Crippen LogP contribution in [0.3, 0.4) is 0 Å². The Hall–Kier alpha value is -4.33. The average Bonchev–Trinajstić information content (AvgIpc) is 3.16. The van der Waals surface area contributed by atoms with Gasteiger partial charge in [-0.05, 0) is 41.5 Å². The molecule has 8 nitrogen and oxygen atoms in total. The molecule has 4 rings (SSSR count). The molecule has 0 saturated carbocycles. The molecule has 30 heavy (non-hydrogen) atoms. The summed E-state index contributed by atoms with van der Waals surface area (Å²) >= 11 is 0. The lowest BCUT2D eigenvalue weighted by molar-refractivity contribution is -0.384. The number of amides is 1. The lowest BCUT2D eigenvalue weighted by atomic mass is 10.1. The van der Waals surface area contributed by atoms with Crippen LogP contribution < -0.4 is 5.43 Å². The van der Waals surface area contributed by atoms with Crippen molar-refractivity contribution >= 4 is 28.8 Å². The van der Waals surface area contributed by atoms with E-state index in [-0.39, 0.29) is 11.6 Å². The number of carbonyl (C=O) groups is 1. The second kappa shape index (κ2) is 8.36. The third-order valence-corrected chi connectivity index (χ3v) is 4.49. The van der Waals surface area contributed by atoms with E-state index < -0.39 is 4.92 Å². The molecule has 0 radical (unpaired) electrons. The molecule has 0 aliphatic rings. The first-order valence-electron chi connectivity index (χ1n) is 9.19. The summed E-state index contributed by atoms with van der Waals surface area (Å²) in [4.78, 5) is 30.4. The molecular weight excluding hydrogens is 382 g/mol. The first kappa shape index (κ1) is 19.0. The number of nitrogens with zero attached hydrogens (tertiary/aromatic N) is 3. The van der Waals surface area contributed by atoms with Crippen LogP contribution >= 0.6 is 0 Å². The number of hydrogen-bond acceptors (Lipinski definition) is 5. The van der Waals surface area contributed by atoms with Gasteiger partial charge in [0.15, 0.2) is 0 Å². The first-order valence-corrected chi connectivity index (χ1v) is 9.19. The monoisotopic (exact) mass is 399 g/mol. The van der Waals surface area contributed by atoms with Gasteiger partial charge in [0.25, 0.3) is 11.6 Å². The van der Waals surface area contributed by atoms with Gasteiger partial charge in [-0.25, -0.2) is 10.4 Å². The molecule has 0 aliphatic heterocycles. The molecule has 0 atom stereocenters. The minimum atomic E-state index is -0.473. The number of hydrazone groups is 1. The van der Waals surface area contributed by atoms with Gasteiger partial charge in [0, 0.05) is 24.1 Å². The van der Waals surface area contributed by atoms with E-state index >= 15 is 0 Å². The zero-order chi connectivity index (χ0) is 20.9. The van der Waals surface area contributed by atoms with Gasteiger partial charge < -0.3 is 4.98 Å². The molecule has 0 saturated heterocycles. The number of nitro groups is 1. The average molecular weight is 399 g/mol. The number of aromatic amines is 1. The SMILES string of the molecule is O=C(N/N=C\c1ccc([N+](=O)[O-])cc1)c1ccc2nc(Cc3ccccc3)[nH]c2c1. The fourth-order valence-electron chi connectivity index (χ4n) is 2.99. The number of aromatic nitrogens is 2. The maximum atomic E-state index is 12.4. The summed E-state index contributed by atoms with van der Waals surface area (Å²) in [5.41, 5.74) is 6.24. The first-order chi connectivity index (χ1) is 14.6. The smallest absolute Gasteiger partial charge is 0.271 e. The van der Waals surface area contributed by atoms with Gasteiger partial charge in [0.1, 0.15) is 5.82 Å². The Balaban J connectivity index is 1.43. The van der Waals surface area contributed by atoms with Crippen LogP contribution in [0.2, 0.25) is 0 Å². The summed E-state index contributed by atoms with van der Waals surface area (Å²) in [6.07, 6.45) is 2.10. The van der Waals surface area contributed by atoms with Gasteiger partial charge in [-0.1, -0.05) is 30.3 Å². The molecule has 0 spiro atoms. The Morgan fingerprint density at radius 1 is 1.10 bits per heavy atom. The van der Waals surface area contributed by atoms with Crippen LogP contribution in [0.4, 0.5) is 5.69 Å². The summed E-state index contributed by atoms with van der Waals surface area (Å²) in [5.74, 6) is 0.458. The largest absolute Gasteiger partial charge is 0.342 e. The van der Waals surface area contributed by atoms with Gasteiger partial charge in [-0.2, -0.15) is 5.10 Å². The van der Waals surface area contributed by atoms with E-state index in [2.05, 4.69) is 20.5 Å². The molecule has 3 aromatic carbocycles. The minimum Gasteiger partial charge on any atom is -0.342 e. The fourth-order valence-corrected chi connectivity index (χ4v) is 2.99. The second-order valence-corrected chi connectivity index (χ2v) is 6.63. The van der Waals surface area contributed by atoms with Gasteiger partial charge in [-0.3, -0.25) is 14.9 Å². The van der Waals surface area contributed by atoms with Crippen molar-refractivity contribution in [3.8, 4) is 0 Å². The third-order valence-electron chi connectivity index (χ3n) is 4.49. The number of H-pyrrole nitrogens is 1. The number of nitro benzene ring substituents is 1. The van der Waals surface area contributed by atoms with E-state index in [1.165, 1.54) is 18.3 Å². The normalized spacial score (nSPS) is 11.1. The molecular formula is C22H17N5O3. The number of fused-ring (bicyclic) bond motifs is 1. The van der Waals surface area contributed by atoms with Crippen LogP contribution in [-0.2, 0) is 6.42 Å². The maximum Gasteiger partial charge on any atom is 0.271 e. The van der Waals surface area contributed by atoms with Gasteiger partial charge in [-0.15, -0.1) is 0 Å². The number of carbonyl (C=O) groups excluding carboxylic acids is 1. The van der Waals surface area contributed by atoms with E-state index in [1.54, 1.807) is 30.3 Å². The molecule has 0 bridgehead atoms. The summed E-state index contributed by atoms with van der Waals surface area (Å²) < 4.78 is 0. The van der Waals surface area contributed by atoms with Crippen LogP contribution in [0, 0.1) is 10.1 Å². The van der Waals surface area contributed by atoms with Crippen molar-refractivity contribution in [2.75, 3.05) is 0 Å². The number of rotatable bonds is 6. The molecule has 8 heteroatoms. The second-order valence-electron chi connectivity index (χ2n) is 6.63. The molecule has 0 aliphatic carbocycles. The van der Waals surface area contributed by atoms with E-state index in [0.29, 0.717) is 17.5 Å². The van der Waals surface area contributed by atoms with Gasteiger partial charge >= 0.3 is 0 Å². The molecule has 0 fully saturated rings. The summed E-state index contributed by atoms with van der Waals surface area (Å²) in [7, 11) is 0. The van der Waals surface area contributed by atoms with Crippen LogP contribution in [0.1, 0.15) is 27.3 Å². The Morgan fingerprint density at radius 2 is 1.87 bits per heavy atom. The van der Waals surface area contributed by atoms with E-state index in [0.717, 1.165) is 22.4 Å². The van der Waals surface area contributed by atoms with Gasteiger partial charge in [0.05, 0.1) is 22.2 Å². The lowest BCUT2D eigenvalue weighted by Crippen LogP contribution is -2.17. The molecule has 1 heterocycles. The predicted octanol–water partition coefficient (Wildman–Crippen LogP) is 3.83. The van der Waals surface area contributed by atoms with Crippen LogP contribution in [0.15, 0.2) is 77.9 Å². The van der Waals surface area contributed by atoms with Crippen LogP contribution in [0.5, 0.6) is 0 Å². The lowest BCUT2D eigenvalue weighted by Gasteiger charge is -2.00. The topological polar surface area (TPSA) is 113 Å². The summed E-state index contributed by atoms with van der Waals surface area (Å²) in [5, 5.41) is 14.6. The minimum absolute atomic E-state index is 0.00400. The zero-order valence-electron chi connectivity index (χ0n) is 15.8. The highest BCUT2D eigenvalue weighted by atomic mass is 16.6.